The van der Waals surface area contributed by atoms with E-state index in [4.69, 9.17) is 0 Å². The zero-order valence-corrected chi connectivity index (χ0v) is 13.3. The lowest BCUT2D eigenvalue weighted by Gasteiger charge is -2.30. The van der Waals surface area contributed by atoms with E-state index in [0.29, 0.717) is 0 Å². The van der Waals surface area contributed by atoms with Crippen LogP contribution in [0.5, 0.6) is 0 Å². The second kappa shape index (κ2) is 7.25. The van der Waals surface area contributed by atoms with Gasteiger partial charge in [0.1, 0.15) is 5.82 Å². The Bertz CT molecular complexity index is 600. The zero-order chi connectivity index (χ0) is 17.8. The van der Waals surface area contributed by atoms with Crippen molar-refractivity contribution in [3.63, 3.8) is 0 Å². The Morgan fingerprint density at radius 1 is 1.50 bits per heavy atom. The van der Waals surface area contributed by atoms with Gasteiger partial charge in [0.15, 0.2) is 0 Å². The van der Waals surface area contributed by atoms with E-state index in [0.717, 1.165) is 23.8 Å². The molecule has 1 aromatic rings. The van der Waals surface area contributed by atoms with Gasteiger partial charge in [-0.05, 0) is 19.3 Å². The highest BCUT2D eigenvalue weighted by molar-refractivity contribution is 5.74. The molecule has 9 heteroatoms. The molecule has 6 nitrogen and oxygen atoms in total. The molecule has 1 heterocycles. The Labute approximate surface area is 137 Å². The summed E-state index contributed by atoms with van der Waals surface area (Å²) in [5.74, 6) is -0.507. The molecule has 1 aliphatic carbocycles. The van der Waals surface area contributed by atoms with Gasteiger partial charge in [-0.15, -0.1) is 0 Å². The lowest BCUT2D eigenvalue weighted by atomic mass is 9.97. The number of imidazole rings is 1. The molecule has 134 valence electrons. The van der Waals surface area contributed by atoms with Crippen molar-refractivity contribution in [1.82, 2.24) is 20.2 Å². The summed E-state index contributed by atoms with van der Waals surface area (Å²) in [5, 5.41) is 15.2. The molecule has 0 fully saturated rings. The van der Waals surface area contributed by atoms with Gasteiger partial charge in [0.2, 0.25) is 5.60 Å². The van der Waals surface area contributed by atoms with Gasteiger partial charge < -0.3 is 20.3 Å². The maximum Gasteiger partial charge on any atom is 0.424 e. The minimum atomic E-state index is -4.91. The molecular formula is C15H21F3N4O2. The fourth-order valence-corrected chi connectivity index (χ4v) is 2.65. The number of carbonyl (C=O) groups is 1. The standard InChI is InChI=1S/C15H21F3N4O2/c1-22-10-9-19-12(22)14(24,15(16,17)18)7-8-20-13(23)21-11-5-3-2-4-6-11/h3,5,9-11,24H,2,4,6-8H2,1H3,(H2,20,21,23). The third-order valence-corrected chi connectivity index (χ3v) is 4.00. The molecule has 0 aromatic carbocycles. The van der Waals surface area contributed by atoms with Crippen LogP contribution in [0, 0.1) is 0 Å². The van der Waals surface area contributed by atoms with Crippen LogP contribution in [0.2, 0.25) is 0 Å². The van der Waals surface area contributed by atoms with Crippen molar-refractivity contribution >= 4 is 6.03 Å². The first-order valence-electron chi connectivity index (χ1n) is 7.72. The van der Waals surface area contributed by atoms with Crippen molar-refractivity contribution in [1.29, 1.82) is 0 Å². The average Bonchev–Trinajstić information content (AvgIpc) is 2.93. The smallest absolute Gasteiger partial charge is 0.374 e. The highest BCUT2D eigenvalue weighted by Crippen LogP contribution is 2.40. The van der Waals surface area contributed by atoms with E-state index in [1.54, 1.807) is 0 Å². The SMILES string of the molecule is Cn1ccnc1C(O)(CCNC(=O)NC1C=CCCC1)C(F)(F)F. The molecule has 2 atom stereocenters. The maximum atomic E-state index is 13.3. The van der Waals surface area contributed by atoms with E-state index >= 15 is 0 Å². The lowest BCUT2D eigenvalue weighted by molar-refractivity contribution is -0.272. The van der Waals surface area contributed by atoms with Crippen molar-refractivity contribution < 1.29 is 23.1 Å². The van der Waals surface area contributed by atoms with E-state index in [1.807, 2.05) is 12.2 Å². The summed E-state index contributed by atoms with van der Waals surface area (Å²) in [6, 6.07) is -0.675. The predicted molar refractivity (Wildman–Crippen MR) is 81.1 cm³/mol. The number of aromatic nitrogens is 2. The Morgan fingerprint density at radius 2 is 2.25 bits per heavy atom. The molecule has 24 heavy (non-hydrogen) atoms. The fourth-order valence-electron chi connectivity index (χ4n) is 2.65. The number of nitrogens with zero attached hydrogens (tertiary/aromatic N) is 2. The van der Waals surface area contributed by atoms with Gasteiger partial charge in [-0.1, -0.05) is 12.2 Å². The number of halogens is 3. The molecule has 2 amide bonds. The lowest BCUT2D eigenvalue weighted by Crippen LogP contribution is -2.48. The third-order valence-electron chi connectivity index (χ3n) is 4.00. The summed E-state index contributed by atoms with van der Waals surface area (Å²) in [6.07, 6.45) is 3.40. The van der Waals surface area contributed by atoms with Crippen LogP contribution in [-0.2, 0) is 12.6 Å². The van der Waals surface area contributed by atoms with Crippen LogP contribution in [0.3, 0.4) is 0 Å². The second-order valence-electron chi connectivity index (χ2n) is 5.84. The maximum absolute atomic E-state index is 13.3. The fraction of sp³-hybridized carbons (Fsp3) is 0.600. The molecule has 0 saturated carbocycles. The van der Waals surface area contributed by atoms with Crippen LogP contribution < -0.4 is 10.6 Å². The van der Waals surface area contributed by atoms with Gasteiger partial charge in [0, 0.05) is 38.4 Å². The van der Waals surface area contributed by atoms with E-state index in [-0.39, 0.29) is 12.6 Å². The van der Waals surface area contributed by atoms with Crippen LogP contribution in [0.1, 0.15) is 31.5 Å². The van der Waals surface area contributed by atoms with Gasteiger partial charge in [-0.3, -0.25) is 0 Å². The molecule has 3 N–H and O–H groups in total. The monoisotopic (exact) mass is 346 g/mol. The number of amides is 2. The number of hydrogen-bond acceptors (Lipinski definition) is 3. The summed E-state index contributed by atoms with van der Waals surface area (Å²) in [5.41, 5.74) is -3.12. The highest BCUT2D eigenvalue weighted by Gasteiger charge is 2.57. The topological polar surface area (TPSA) is 79.2 Å². The Balaban J connectivity index is 1.94. The summed E-state index contributed by atoms with van der Waals surface area (Å²) in [4.78, 5) is 15.4. The molecule has 0 saturated heterocycles. The van der Waals surface area contributed by atoms with Crippen molar-refractivity contribution in [2.75, 3.05) is 6.54 Å². The number of alkyl halides is 3. The number of carbonyl (C=O) groups excluding carboxylic acids is 1. The molecule has 0 bridgehead atoms. The number of urea groups is 1. The number of allylic oxidation sites excluding steroid dienone is 1. The van der Waals surface area contributed by atoms with Crippen molar-refractivity contribution in [2.24, 2.45) is 7.05 Å². The Kier molecular flexibility index (Phi) is 5.53. The first kappa shape index (κ1) is 18.3. The van der Waals surface area contributed by atoms with E-state index in [9.17, 15) is 23.1 Å². The summed E-state index contributed by atoms with van der Waals surface area (Å²) in [6.45, 7) is -0.342. The van der Waals surface area contributed by atoms with Crippen LogP contribution in [0.25, 0.3) is 0 Å². The number of aryl methyl sites for hydroxylation is 1. The van der Waals surface area contributed by atoms with Gasteiger partial charge in [-0.25, -0.2) is 9.78 Å². The normalized spacial score (nSPS) is 20.5. The summed E-state index contributed by atoms with van der Waals surface area (Å²) < 4.78 is 41.0. The molecule has 1 aromatic heterocycles. The zero-order valence-electron chi connectivity index (χ0n) is 13.3. The predicted octanol–water partition coefficient (Wildman–Crippen LogP) is 1.97. The molecular weight excluding hydrogens is 325 g/mol. The average molecular weight is 346 g/mol. The minimum absolute atomic E-state index is 0.116. The van der Waals surface area contributed by atoms with Crippen LogP contribution >= 0.6 is 0 Å². The van der Waals surface area contributed by atoms with Crippen LogP contribution in [0.15, 0.2) is 24.5 Å². The quantitative estimate of drug-likeness (QED) is 0.713. The highest BCUT2D eigenvalue weighted by atomic mass is 19.4. The van der Waals surface area contributed by atoms with Crippen molar-refractivity contribution in [3.8, 4) is 0 Å². The number of nitrogens with one attached hydrogen (secondary N) is 2. The third kappa shape index (κ3) is 4.08. The van der Waals surface area contributed by atoms with Crippen LogP contribution in [0.4, 0.5) is 18.0 Å². The first-order valence-corrected chi connectivity index (χ1v) is 7.72. The summed E-state index contributed by atoms with van der Waals surface area (Å²) >= 11 is 0. The number of rotatable bonds is 5. The van der Waals surface area contributed by atoms with Gasteiger partial charge >= 0.3 is 12.2 Å². The Morgan fingerprint density at radius 3 is 2.79 bits per heavy atom. The van der Waals surface area contributed by atoms with Gasteiger partial charge in [-0.2, -0.15) is 13.2 Å². The molecule has 0 aliphatic heterocycles. The minimum Gasteiger partial charge on any atom is -0.374 e. The van der Waals surface area contributed by atoms with Crippen molar-refractivity contribution in [2.45, 2.75) is 43.5 Å². The first-order chi connectivity index (χ1) is 11.2. The molecule has 0 spiro atoms. The number of hydrogen-bond donors (Lipinski definition) is 3. The number of aliphatic hydroxyl groups is 1. The van der Waals surface area contributed by atoms with Crippen molar-refractivity contribution in [3.05, 3.63) is 30.4 Å². The van der Waals surface area contributed by atoms with E-state index in [1.165, 1.54) is 19.4 Å². The van der Waals surface area contributed by atoms with Gasteiger partial charge in [0.05, 0.1) is 0 Å². The molecule has 2 rings (SSSR count). The Hall–Kier alpha value is -2.03. The van der Waals surface area contributed by atoms with E-state index < -0.39 is 30.1 Å². The summed E-state index contributed by atoms with van der Waals surface area (Å²) in [7, 11) is 1.37. The largest absolute Gasteiger partial charge is 0.424 e. The molecule has 2 unspecified atom stereocenters. The molecule has 0 radical (unpaired) electrons. The van der Waals surface area contributed by atoms with E-state index in [2.05, 4.69) is 15.6 Å². The second-order valence-corrected chi connectivity index (χ2v) is 5.84. The molecule has 1 aliphatic rings. The van der Waals surface area contributed by atoms with Crippen LogP contribution in [-0.4, -0.2) is 39.5 Å². The van der Waals surface area contributed by atoms with Gasteiger partial charge in [0.25, 0.3) is 0 Å².